The molecule has 0 saturated carbocycles. The minimum atomic E-state index is -1.10. The van der Waals surface area contributed by atoms with Crippen molar-refractivity contribution in [2.75, 3.05) is 20.7 Å². The predicted octanol–water partition coefficient (Wildman–Crippen LogP) is 1.11. The Balaban J connectivity index is 2.57. The highest BCUT2D eigenvalue weighted by atomic mass is 16.5. The molecule has 0 atom stereocenters. The Kier molecular flexibility index (Phi) is 5.72. The largest absolute Gasteiger partial charge is 0.496 e. The zero-order valence-electron chi connectivity index (χ0n) is 12.8. The zero-order chi connectivity index (χ0) is 16.0. The van der Waals surface area contributed by atoms with Gasteiger partial charge in [-0.25, -0.2) is 0 Å². The van der Waals surface area contributed by atoms with E-state index in [9.17, 15) is 9.59 Å². The zero-order valence-corrected chi connectivity index (χ0v) is 12.8. The normalized spacial score (nSPS) is 11.3. The van der Waals surface area contributed by atoms with E-state index >= 15 is 0 Å². The summed E-state index contributed by atoms with van der Waals surface area (Å²) < 4.78 is 5.20. The molecule has 0 heterocycles. The molecule has 0 aromatic heterocycles. The molecular formula is C15H22N2O4. The Morgan fingerprint density at radius 2 is 1.95 bits per heavy atom. The van der Waals surface area contributed by atoms with E-state index in [1.54, 1.807) is 28.0 Å². The van der Waals surface area contributed by atoms with Crippen molar-refractivity contribution >= 4 is 11.9 Å². The molecule has 0 spiro atoms. The van der Waals surface area contributed by atoms with E-state index < -0.39 is 11.5 Å². The van der Waals surface area contributed by atoms with E-state index in [0.717, 1.165) is 5.56 Å². The standard InChI is InChI=1S/C15H22N2O4/c1-15(2,14(19)20)17(3)10-13(18)16-9-11-7-5-6-8-12(11)21-4/h5-8H,9-10H2,1-4H3,(H,16,18)(H,19,20). The quantitative estimate of drug-likeness (QED) is 0.787. The Hall–Kier alpha value is -2.08. The van der Waals surface area contributed by atoms with Gasteiger partial charge in [-0.3, -0.25) is 14.5 Å². The van der Waals surface area contributed by atoms with Crippen molar-refractivity contribution in [2.45, 2.75) is 25.9 Å². The maximum absolute atomic E-state index is 11.9. The number of carbonyl (C=O) groups is 2. The third kappa shape index (κ3) is 4.46. The molecule has 0 aliphatic heterocycles. The van der Waals surface area contributed by atoms with Gasteiger partial charge in [-0.05, 0) is 27.0 Å². The van der Waals surface area contributed by atoms with E-state index in [1.165, 1.54) is 4.90 Å². The van der Waals surface area contributed by atoms with Crippen molar-refractivity contribution in [3.63, 3.8) is 0 Å². The Morgan fingerprint density at radius 3 is 2.52 bits per heavy atom. The maximum atomic E-state index is 11.9. The van der Waals surface area contributed by atoms with Gasteiger partial charge in [0.25, 0.3) is 0 Å². The second kappa shape index (κ2) is 7.08. The molecule has 0 radical (unpaired) electrons. The summed E-state index contributed by atoms with van der Waals surface area (Å²) in [5.74, 6) is -0.503. The molecule has 2 N–H and O–H groups in total. The summed E-state index contributed by atoms with van der Waals surface area (Å²) in [5.41, 5.74) is -0.226. The lowest BCUT2D eigenvalue weighted by molar-refractivity contribution is -0.149. The number of benzene rings is 1. The van der Waals surface area contributed by atoms with Crippen LogP contribution in [0.2, 0.25) is 0 Å². The van der Waals surface area contributed by atoms with Crippen molar-refractivity contribution in [2.24, 2.45) is 0 Å². The number of ether oxygens (including phenoxy) is 1. The van der Waals surface area contributed by atoms with Gasteiger partial charge in [-0.15, -0.1) is 0 Å². The summed E-state index contributed by atoms with van der Waals surface area (Å²) in [6, 6.07) is 7.40. The van der Waals surface area contributed by atoms with E-state index in [0.29, 0.717) is 12.3 Å². The maximum Gasteiger partial charge on any atom is 0.323 e. The van der Waals surface area contributed by atoms with Crippen LogP contribution in [0.4, 0.5) is 0 Å². The van der Waals surface area contributed by atoms with Gasteiger partial charge < -0.3 is 15.2 Å². The molecule has 1 amide bonds. The van der Waals surface area contributed by atoms with Crippen molar-refractivity contribution in [1.29, 1.82) is 0 Å². The Morgan fingerprint density at radius 1 is 1.33 bits per heavy atom. The van der Waals surface area contributed by atoms with Gasteiger partial charge >= 0.3 is 5.97 Å². The van der Waals surface area contributed by atoms with Crippen molar-refractivity contribution in [1.82, 2.24) is 10.2 Å². The number of carbonyl (C=O) groups excluding carboxylic acids is 1. The van der Waals surface area contributed by atoms with Crippen LogP contribution in [-0.4, -0.2) is 48.1 Å². The number of amides is 1. The number of hydrogen-bond acceptors (Lipinski definition) is 4. The monoisotopic (exact) mass is 294 g/mol. The number of likely N-dealkylation sites (N-methyl/N-ethyl adjacent to an activating group) is 1. The van der Waals surface area contributed by atoms with Gasteiger partial charge in [-0.2, -0.15) is 0 Å². The molecule has 0 unspecified atom stereocenters. The second-order valence-corrected chi connectivity index (χ2v) is 5.31. The number of methoxy groups -OCH3 is 1. The van der Waals surface area contributed by atoms with E-state index in [2.05, 4.69) is 5.32 Å². The summed E-state index contributed by atoms with van der Waals surface area (Å²) >= 11 is 0. The van der Waals surface area contributed by atoms with Crippen LogP contribution < -0.4 is 10.1 Å². The second-order valence-electron chi connectivity index (χ2n) is 5.31. The third-order valence-electron chi connectivity index (χ3n) is 3.53. The Bertz CT molecular complexity index is 514. The van der Waals surface area contributed by atoms with Gasteiger partial charge in [0, 0.05) is 12.1 Å². The fourth-order valence-corrected chi connectivity index (χ4v) is 1.68. The van der Waals surface area contributed by atoms with Gasteiger partial charge in [0.1, 0.15) is 11.3 Å². The molecule has 6 heteroatoms. The lowest BCUT2D eigenvalue weighted by Gasteiger charge is -2.30. The van der Waals surface area contributed by atoms with Crippen LogP contribution in [0.3, 0.4) is 0 Å². The van der Waals surface area contributed by atoms with Crippen LogP contribution in [0.25, 0.3) is 0 Å². The number of carboxylic acids is 1. The van der Waals surface area contributed by atoms with Crippen LogP contribution in [0, 0.1) is 0 Å². The molecule has 116 valence electrons. The highest BCUT2D eigenvalue weighted by Gasteiger charge is 2.32. The SMILES string of the molecule is COc1ccccc1CNC(=O)CN(C)C(C)(C)C(=O)O. The summed E-state index contributed by atoms with van der Waals surface area (Å²) in [6.07, 6.45) is 0. The summed E-state index contributed by atoms with van der Waals surface area (Å²) in [7, 11) is 3.18. The van der Waals surface area contributed by atoms with Gasteiger partial charge in [-0.1, -0.05) is 18.2 Å². The van der Waals surface area contributed by atoms with Crippen LogP contribution in [-0.2, 0) is 16.1 Å². The van der Waals surface area contributed by atoms with Crippen molar-refractivity contribution < 1.29 is 19.4 Å². The van der Waals surface area contributed by atoms with Gasteiger partial charge in [0.05, 0.1) is 13.7 Å². The van der Waals surface area contributed by atoms with Crippen LogP contribution >= 0.6 is 0 Å². The first-order valence-electron chi connectivity index (χ1n) is 6.62. The summed E-state index contributed by atoms with van der Waals surface area (Å²) in [4.78, 5) is 24.5. The van der Waals surface area contributed by atoms with Gasteiger partial charge in [0.2, 0.25) is 5.91 Å². The minimum Gasteiger partial charge on any atom is -0.496 e. The van der Waals surface area contributed by atoms with Crippen LogP contribution in [0.5, 0.6) is 5.75 Å². The first kappa shape index (κ1) is 17.0. The molecule has 0 aliphatic carbocycles. The summed E-state index contributed by atoms with van der Waals surface area (Å²) in [5, 5.41) is 11.9. The Labute approximate surface area is 124 Å². The first-order chi connectivity index (χ1) is 9.78. The molecule has 0 bridgehead atoms. The lowest BCUT2D eigenvalue weighted by Crippen LogP contribution is -2.51. The number of hydrogen-bond donors (Lipinski definition) is 2. The fraction of sp³-hybridized carbons (Fsp3) is 0.467. The van der Waals surface area contributed by atoms with E-state index in [4.69, 9.17) is 9.84 Å². The third-order valence-corrected chi connectivity index (χ3v) is 3.53. The van der Waals surface area contributed by atoms with Crippen LogP contribution in [0.15, 0.2) is 24.3 Å². The molecule has 0 aliphatic rings. The van der Waals surface area contributed by atoms with Gasteiger partial charge in [0.15, 0.2) is 0 Å². The number of aliphatic carboxylic acids is 1. The molecular weight excluding hydrogens is 272 g/mol. The fourth-order valence-electron chi connectivity index (χ4n) is 1.68. The average molecular weight is 294 g/mol. The smallest absolute Gasteiger partial charge is 0.323 e. The van der Waals surface area contributed by atoms with E-state index in [-0.39, 0.29) is 12.5 Å². The highest BCUT2D eigenvalue weighted by molar-refractivity contribution is 5.81. The number of nitrogens with zero attached hydrogens (tertiary/aromatic N) is 1. The van der Waals surface area contributed by atoms with Crippen molar-refractivity contribution in [3.05, 3.63) is 29.8 Å². The number of rotatable bonds is 7. The molecule has 6 nitrogen and oxygen atoms in total. The first-order valence-corrected chi connectivity index (χ1v) is 6.62. The van der Waals surface area contributed by atoms with Crippen LogP contribution in [0.1, 0.15) is 19.4 Å². The van der Waals surface area contributed by atoms with E-state index in [1.807, 2.05) is 24.3 Å². The lowest BCUT2D eigenvalue weighted by atomic mass is 10.0. The topological polar surface area (TPSA) is 78.9 Å². The molecule has 1 rings (SSSR count). The average Bonchev–Trinajstić information content (AvgIpc) is 2.45. The molecule has 0 saturated heterocycles. The molecule has 1 aromatic carbocycles. The molecule has 1 aromatic rings. The van der Waals surface area contributed by atoms with Crippen molar-refractivity contribution in [3.8, 4) is 5.75 Å². The molecule has 21 heavy (non-hydrogen) atoms. The molecule has 0 fully saturated rings. The predicted molar refractivity (Wildman–Crippen MR) is 79.2 cm³/mol. The minimum absolute atomic E-state index is 0.00838. The number of para-hydroxylation sites is 1. The highest BCUT2D eigenvalue weighted by Crippen LogP contribution is 2.16. The number of carboxylic acid groups (broad SMARTS) is 1. The summed E-state index contributed by atoms with van der Waals surface area (Å²) in [6.45, 7) is 3.46. The number of nitrogens with one attached hydrogen (secondary N) is 1.